The van der Waals surface area contributed by atoms with E-state index in [4.69, 9.17) is 5.73 Å². The second kappa shape index (κ2) is 4.73. The van der Waals surface area contributed by atoms with Crippen LogP contribution in [0.15, 0.2) is 12.3 Å². The van der Waals surface area contributed by atoms with E-state index in [-0.39, 0.29) is 11.8 Å². The van der Waals surface area contributed by atoms with Crippen molar-refractivity contribution in [2.75, 3.05) is 11.9 Å². The van der Waals surface area contributed by atoms with Gasteiger partial charge in [-0.05, 0) is 13.0 Å². The van der Waals surface area contributed by atoms with Crippen molar-refractivity contribution in [3.8, 4) is 0 Å². The van der Waals surface area contributed by atoms with E-state index in [9.17, 15) is 4.79 Å². The van der Waals surface area contributed by atoms with Gasteiger partial charge in [0.25, 0.3) is 0 Å². The molecular weight excluding hydrogens is 230 g/mol. The predicted octanol–water partition coefficient (Wildman–Crippen LogP) is 0.810. The van der Waals surface area contributed by atoms with Crippen LogP contribution in [0.2, 0.25) is 0 Å². The minimum atomic E-state index is -0.212. The maximum Gasteiger partial charge on any atom is 0.228 e. The first-order valence-corrected chi connectivity index (χ1v) is 5.83. The zero-order valence-corrected chi connectivity index (χ0v) is 10.8. The molecule has 3 N–H and O–H groups in total. The van der Waals surface area contributed by atoms with Crippen molar-refractivity contribution >= 4 is 22.6 Å². The Morgan fingerprint density at radius 3 is 3.00 bits per heavy atom. The summed E-state index contributed by atoms with van der Waals surface area (Å²) in [7, 11) is 1.84. The maximum absolute atomic E-state index is 11.7. The molecular formula is C12H17N5O. The molecule has 0 aromatic carbocycles. The molecule has 0 spiro atoms. The van der Waals surface area contributed by atoms with Crippen LogP contribution in [0.3, 0.4) is 0 Å². The molecule has 0 radical (unpaired) electrons. The smallest absolute Gasteiger partial charge is 0.228 e. The molecule has 18 heavy (non-hydrogen) atoms. The van der Waals surface area contributed by atoms with E-state index in [0.717, 1.165) is 16.7 Å². The molecule has 6 heteroatoms. The van der Waals surface area contributed by atoms with Gasteiger partial charge in [0, 0.05) is 24.9 Å². The largest absolute Gasteiger partial charge is 0.330 e. The monoisotopic (exact) mass is 247 g/mol. The Kier molecular flexibility index (Phi) is 3.29. The summed E-state index contributed by atoms with van der Waals surface area (Å²) in [6.07, 6.45) is 1.63. The Balaban J connectivity index is 2.30. The number of nitrogens with two attached hydrogens (primary N) is 1. The fourth-order valence-corrected chi connectivity index (χ4v) is 1.75. The molecule has 0 aliphatic carbocycles. The zero-order valence-electron chi connectivity index (χ0n) is 10.8. The van der Waals surface area contributed by atoms with Crippen LogP contribution in [0, 0.1) is 12.8 Å². The molecule has 6 nitrogen and oxygen atoms in total. The highest BCUT2D eigenvalue weighted by Gasteiger charge is 2.12. The molecule has 0 bridgehead atoms. The van der Waals surface area contributed by atoms with Crippen LogP contribution < -0.4 is 11.1 Å². The summed E-state index contributed by atoms with van der Waals surface area (Å²) in [4.78, 5) is 16.0. The summed E-state index contributed by atoms with van der Waals surface area (Å²) in [5.41, 5.74) is 7.82. The Labute approximate surface area is 105 Å². The van der Waals surface area contributed by atoms with E-state index in [1.165, 1.54) is 0 Å². The van der Waals surface area contributed by atoms with Gasteiger partial charge in [0.1, 0.15) is 0 Å². The lowest BCUT2D eigenvalue weighted by molar-refractivity contribution is -0.119. The van der Waals surface area contributed by atoms with Crippen molar-refractivity contribution < 1.29 is 4.79 Å². The fraction of sp³-hybridized carbons (Fsp3) is 0.417. The third kappa shape index (κ3) is 2.19. The van der Waals surface area contributed by atoms with E-state index in [2.05, 4.69) is 15.4 Å². The van der Waals surface area contributed by atoms with Gasteiger partial charge in [-0.15, -0.1) is 0 Å². The molecule has 0 aliphatic rings. The van der Waals surface area contributed by atoms with Gasteiger partial charge in [-0.3, -0.25) is 9.48 Å². The highest BCUT2D eigenvalue weighted by Crippen LogP contribution is 2.19. The first-order valence-electron chi connectivity index (χ1n) is 5.83. The van der Waals surface area contributed by atoms with Crippen molar-refractivity contribution in [1.82, 2.24) is 14.8 Å². The van der Waals surface area contributed by atoms with Gasteiger partial charge in [0.05, 0.1) is 17.6 Å². The quantitative estimate of drug-likeness (QED) is 0.840. The number of aromatic nitrogens is 3. The number of nitrogens with one attached hydrogen (secondary N) is 1. The molecule has 0 saturated carbocycles. The summed E-state index contributed by atoms with van der Waals surface area (Å²) in [6, 6.07) is 1.88. The number of nitrogens with zero attached hydrogens (tertiary/aromatic N) is 3. The van der Waals surface area contributed by atoms with Crippen LogP contribution in [0.4, 0.5) is 5.69 Å². The second-order valence-corrected chi connectivity index (χ2v) is 4.43. The van der Waals surface area contributed by atoms with Crippen molar-refractivity contribution in [1.29, 1.82) is 0 Å². The first-order chi connectivity index (χ1) is 8.52. The van der Waals surface area contributed by atoms with Gasteiger partial charge in [-0.25, -0.2) is 4.98 Å². The Hall–Kier alpha value is -1.95. The molecule has 2 aromatic heterocycles. The third-order valence-corrected chi connectivity index (χ3v) is 2.93. The Morgan fingerprint density at radius 1 is 1.61 bits per heavy atom. The maximum atomic E-state index is 11.7. The number of aryl methyl sites for hydroxylation is 2. The number of amides is 1. The van der Waals surface area contributed by atoms with E-state index in [1.807, 2.05) is 20.0 Å². The predicted molar refractivity (Wildman–Crippen MR) is 70.1 cm³/mol. The van der Waals surface area contributed by atoms with Crippen molar-refractivity contribution in [3.63, 3.8) is 0 Å². The molecule has 2 rings (SSSR count). The number of fused-ring (bicyclic) bond motifs is 1. The molecule has 0 saturated heterocycles. The standard InChI is InChI=1S/C12H17N5O/c1-7(5-13)12(18)15-9-4-10-8(2)16-17(3)11(10)14-6-9/h4,6-7H,5,13H2,1-3H3,(H,15,18). The van der Waals surface area contributed by atoms with Crippen LogP contribution in [0.1, 0.15) is 12.6 Å². The van der Waals surface area contributed by atoms with E-state index < -0.39 is 0 Å². The van der Waals surface area contributed by atoms with E-state index >= 15 is 0 Å². The summed E-state index contributed by atoms with van der Waals surface area (Å²) >= 11 is 0. The van der Waals surface area contributed by atoms with Crippen LogP contribution in [0.25, 0.3) is 11.0 Å². The number of carbonyl (C=O) groups is 1. The molecule has 96 valence electrons. The third-order valence-electron chi connectivity index (χ3n) is 2.93. The van der Waals surface area contributed by atoms with Gasteiger partial charge in [0.2, 0.25) is 5.91 Å². The van der Waals surface area contributed by atoms with Gasteiger partial charge >= 0.3 is 0 Å². The molecule has 0 aliphatic heterocycles. The molecule has 0 fully saturated rings. The van der Waals surface area contributed by atoms with Crippen molar-refractivity contribution in [2.45, 2.75) is 13.8 Å². The van der Waals surface area contributed by atoms with Gasteiger partial charge in [-0.2, -0.15) is 5.10 Å². The van der Waals surface area contributed by atoms with Gasteiger partial charge in [0.15, 0.2) is 5.65 Å². The van der Waals surface area contributed by atoms with Crippen LogP contribution in [-0.4, -0.2) is 27.2 Å². The minimum absolute atomic E-state index is 0.0970. The summed E-state index contributed by atoms with van der Waals surface area (Å²) in [6.45, 7) is 4.03. The topological polar surface area (TPSA) is 85.8 Å². The normalized spacial score (nSPS) is 12.7. The van der Waals surface area contributed by atoms with Crippen molar-refractivity contribution in [3.05, 3.63) is 18.0 Å². The number of carbonyl (C=O) groups excluding carboxylic acids is 1. The highest BCUT2D eigenvalue weighted by molar-refractivity contribution is 5.94. The average molecular weight is 247 g/mol. The number of hydrogen-bond acceptors (Lipinski definition) is 4. The van der Waals surface area contributed by atoms with Crippen LogP contribution in [-0.2, 0) is 11.8 Å². The average Bonchev–Trinajstić information content (AvgIpc) is 2.63. The van der Waals surface area contributed by atoms with Gasteiger partial charge in [-0.1, -0.05) is 6.92 Å². The van der Waals surface area contributed by atoms with Crippen molar-refractivity contribution in [2.24, 2.45) is 18.7 Å². The molecule has 1 amide bonds. The number of hydrogen-bond donors (Lipinski definition) is 2. The zero-order chi connectivity index (χ0) is 13.3. The molecule has 2 aromatic rings. The van der Waals surface area contributed by atoms with Gasteiger partial charge < -0.3 is 11.1 Å². The lowest BCUT2D eigenvalue weighted by atomic mass is 10.1. The molecule has 2 heterocycles. The second-order valence-electron chi connectivity index (χ2n) is 4.43. The summed E-state index contributed by atoms with van der Waals surface area (Å²) < 4.78 is 1.72. The molecule has 1 unspecified atom stereocenters. The lowest BCUT2D eigenvalue weighted by Crippen LogP contribution is -2.26. The summed E-state index contributed by atoms with van der Waals surface area (Å²) in [5.74, 6) is -0.309. The minimum Gasteiger partial charge on any atom is -0.330 e. The molecule has 1 atom stereocenters. The fourth-order valence-electron chi connectivity index (χ4n) is 1.75. The number of anilines is 1. The Morgan fingerprint density at radius 2 is 2.33 bits per heavy atom. The summed E-state index contributed by atoms with van der Waals surface area (Å²) in [5, 5.41) is 8.03. The first kappa shape index (κ1) is 12.5. The lowest BCUT2D eigenvalue weighted by Gasteiger charge is -2.09. The van der Waals surface area contributed by atoms with Crippen LogP contribution in [0.5, 0.6) is 0 Å². The Bertz CT molecular complexity index is 589. The van der Waals surface area contributed by atoms with Crippen LogP contribution >= 0.6 is 0 Å². The van der Waals surface area contributed by atoms with E-state index in [0.29, 0.717) is 12.2 Å². The number of pyridine rings is 1. The number of rotatable bonds is 3. The van der Waals surface area contributed by atoms with E-state index in [1.54, 1.807) is 17.8 Å². The SMILES string of the molecule is Cc1nn(C)c2ncc(NC(=O)C(C)CN)cc12. The highest BCUT2D eigenvalue weighted by atomic mass is 16.1.